The number of hydrogen-bond acceptors (Lipinski definition) is 6. The summed E-state index contributed by atoms with van der Waals surface area (Å²) in [6.07, 6.45) is 3.53. The minimum absolute atomic E-state index is 0.0720. The van der Waals surface area contributed by atoms with Crippen molar-refractivity contribution in [3.05, 3.63) is 54.0 Å². The fourth-order valence-electron chi connectivity index (χ4n) is 3.36. The van der Waals surface area contributed by atoms with Crippen LogP contribution >= 0.6 is 0 Å². The van der Waals surface area contributed by atoms with E-state index in [0.29, 0.717) is 24.4 Å². The van der Waals surface area contributed by atoms with E-state index in [1.807, 2.05) is 22.9 Å². The summed E-state index contributed by atoms with van der Waals surface area (Å²) >= 11 is 0. The second-order valence-electron chi connectivity index (χ2n) is 6.78. The van der Waals surface area contributed by atoms with E-state index in [-0.39, 0.29) is 24.0 Å². The topological polar surface area (TPSA) is 95.3 Å². The highest BCUT2D eigenvalue weighted by Crippen LogP contribution is 2.23. The van der Waals surface area contributed by atoms with Crippen LogP contribution in [0.25, 0.3) is 10.9 Å². The first-order chi connectivity index (χ1) is 14.2. The number of carbonyl (C=O) groups excluding carboxylic acids is 2. The standard InChI is InChI=1S/C21H22N4O4/c1-2-29-21(27)19-18(13-14-5-3-4-6-16(14)22-19)23-20(26)17-7-10-25(24-17)15-8-11-28-12-9-15/h3-7,10,13,15H,2,8-9,11-12H2,1H3,(H,23,26). The number of amides is 1. The van der Waals surface area contributed by atoms with Crippen LogP contribution in [0.3, 0.4) is 0 Å². The zero-order chi connectivity index (χ0) is 20.2. The zero-order valence-corrected chi connectivity index (χ0v) is 16.1. The van der Waals surface area contributed by atoms with Gasteiger partial charge in [-0.2, -0.15) is 5.10 Å². The quantitative estimate of drug-likeness (QED) is 0.668. The third-order valence-electron chi connectivity index (χ3n) is 4.85. The predicted molar refractivity (Wildman–Crippen MR) is 107 cm³/mol. The van der Waals surface area contributed by atoms with Crippen molar-refractivity contribution < 1.29 is 19.1 Å². The molecule has 0 aliphatic carbocycles. The fraction of sp³-hybridized carbons (Fsp3) is 0.333. The summed E-state index contributed by atoms with van der Waals surface area (Å²) in [6.45, 7) is 3.33. The van der Waals surface area contributed by atoms with Gasteiger partial charge >= 0.3 is 5.97 Å². The van der Waals surface area contributed by atoms with Crippen LogP contribution in [0.2, 0.25) is 0 Å². The SMILES string of the molecule is CCOC(=O)c1nc2ccccc2cc1NC(=O)c1ccn(C2CCOCC2)n1. The zero-order valence-electron chi connectivity index (χ0n) is 16.1. The Bertz CT molecular complexity index is 1040. The molecule has 1 fully saturated rings. The molecular formula is C21H22N4O4. The van der Waals surface area contributed by atoms with Gasteiger partial charge in [0.25, 0.3) is 5.91 Å². The van der Waals surface area contributed by atoms with Gasteiger partial charge in [0.2, 0.25) is 0 Å². The van der Waals surface area contributed by atoms with Crippen molar-refractivity contribution in [2.24, 2.45) is 0 Å². The van der Waals surface area contributed by atoms with Gasteiger partial charge < -0.3 is 14.8 Å². The molecule has 8 heteroatoms. The van der Waals surface area contributed by atoms with Crippen LogP contribution in [0, 0.1) is 0 Å². The minimum atomic E-state index is -0.582. The van der Waals surface area contributed by atoms with Gasteiger partial charge in [-0.3, -0.25) is 9.48 Å². The molecular weight excluding hydrogens is 372 g/mol. The number of carbonyl (C=O) groups is 2. The van der Waals surface area contributed by atoms with Gasteiger partial charge in [0.1, 0.15) is 0 Å². The molecule has 0 atom stereocenters. The molecule has 1 amide bonds. The minimum Gasteiger partial charge on any atom is -0.461 e. The van der Waals surface area contributed by atoms with Gasteiger partial charge in [0.15, 0.2) is 11.4 Å². The van der Waals surface area contributed by atoms with Crippen LogP contribution in [0.4, 0.5) is 5.69 Å². The van der Waals surface area contributed by atoms with Gasteiger partial charge in [-0.1, -0.05) is 18.2 Å². The molecule has 0 radical (unpaired) electrons. The molecule has 1 aliphatic heterocycles. The molecule has 29 heavy (non-hydrogen) atoms. The summed E-state index contributed by atoms with van der Waals surface area (Å²) in [7, 11) is 0. The largest absolute Gasteiger partial charge is 0.461 e. The summed E-state index contributed by atoms with van der Waals surface area (Å²) < 4.78 is 12.3. The molecule has 0 bridgehead atoms. The van der Waals surface area contributed by atoms with Crippen molar-refractivity contribution in [2.75, 3.05) is 25.1 Å². The molecule has 2 aromatic heterocycles. The van der Waals surface area contributed by atoms with Crippen LogP contribution in [0.15, 0.2) is 42.6 Å². The third kappa shape index (κ3) is 4.12. The molecule has 3 aromatic rings. The summed E-state index contributed by atoms with van der Waals surface area (Å²) in [5, 5.41) is 8.00. The Kier molecular flexibility index (Phi) is 5.53. The second kappa shape index (κ2) is 8.40. The first-order valence-electron chi connectivity index (χ1n) is 9.67. The number of benzene rings is 1. The Morgan fingerprint density at radius 3 is 2.83 bits per heavy atom. The van der Waals surface area contributed by atoms with Gasteiger partial charge in [-0.05, 0) is 38.0 Å². The van der Waals surface area contributed by atoms with Crippen LogP contribution < -0.4 is 5.32 Å². The highest BCUT2D eigenvalue weighted by atomic mass is 16.5. The number of aromatic nitrogens is 3. The maximum absolute atomic E-state index is 12.8. The van der Waals surface area contributed by atoms with Crippen LogP contribution in [-0.2, 0) is 9.47 Å². The molecule has 0 saturated carbocycles. The van der Waals surface area contributed by atoms with E-state index >= 15 is 0 Å². The molecule has 0 spiro atoms. The lowest BCUT2D eigenvalue weighted by Gasteiger charge is -2.22. The molecule has 8 nitrogen and oxygen atoms in total. The van der Waals surface area contributed by atoms with Crippen molar-refractivity contribution in [1.82, 2.24) is 14.8 Å². The highest BCUT2D eigenvalue weighted by Gasteiger charge is 2.21. The van der Waals surface area contributed by atoms with E-state index in [2.05, 4.69) is 15.4 Å². The lowest BCUT2D eigenvalue weighted by molar-refractivity contribution is 0.0521. The maximum atomic E-state index is 12.8. The summed E-state index contributed by atoms with van der Waals surface area (Å²) in [5.74, 6) is -0.986. The molecule has 1 saturated heterocycles. The first-order valence-corrected chi connectivity index (χ1v) is 9.67. The number of nitrogens with one attached hydrogen (secondary N) is 1. The van der Waals surface area contributed by atoms with Crippen molar-refractivity contribution in [3.63, 3.8) is 0 Å². The Balaban J connectivity index is 1.60. The average molecular weight is 394 g/mol. The van der Waals surface area contributed by atoms with Gasteiger partial charge in [0, 0.05) is 24.8 Å². The molecule has 3 heterocycles. The number of rotatable bonds is 5. The van der Waals surface area contributed by atoms with Crippen LogP contribution in [0.1, 0.15) is 46.8 Å². The van der Waals surface area contributed by atoms with E-state index in [1.165, 1.54) is 0 Å². The van der Waals surface area contributed by atoms with E-state index in [9.17, 15) is 9.59 Å². The number of para-hydroxylation sites is 1. The third-order valence-corrected chi connectivity index (χ3v) is 4.85. The Morgan fingerprint density at radius 2 is 2.03 bits per heavy atom. The van der Waals surface area contributed by atoms with Gasteiger partial charge in [-0.25, -0.2) is 9.78 Å². The second-order valence-corrected chi connectivity index (χ2v) is 6.78. The van der Waals surface area contributed by atoms with Crippen molar-refractivity contribution in [3.8, 4) is 0 Å². The monoisotopic (exact) mass is 394 g/mol. The average Bonchev–Trinajstić information content (AvgIpc) is 3.24. The van der Waals surface area contributed by atoms with E-state index < -0.39 is 11.9 Å². The molecule has 1 aliphatic rings. The summed E-state index contributed by atoms with van der Waals surface area (Å²) in [4.78, 5) is 29.5. The van der Waals surface area contributed by atoms with Crippen molar-refractivity contribution in [2.45, 2.75) is 25.8 Å². The molecule has 150 valence electrons. The number of ether oxygens (including phenoxy) is 2. The number of esters is 1. The van der Waals surface area contributed by atoms with Crippen LogP contribution in [-0.4, -0.2) is 46.5 Å². The number of pyridine rings is 1. The van der Waals surface area contributed by atoms with Gasteiger partial charge in [0.05, 0.1) is 23.9 Å². The predicted octanol–water partition coefficient (Wildman–Crippen LogP) is 3.21. The fourth-order valence-corrected chi connectivity index (χ4v) is 3.36. The molecule has 1 aromatic carbocycles. The smallest absolute Gasteiger partial charge is 0.359 e. The molecule has 1 N–H and O–H groups in total. The molecule has 4 rings (SSSR count). The van der Waals surface area contributed by atoms with E-state index in [4.69, 9.17) is 9.47 Å². The Labute approximate surface area is 167 Å². The lowest BCUT2D eigenvalue weighted by atomic mass is 10.1. The number of nitrogens with zero attached hydrogens (tertiary/aromatic N) is 3. The Hall–Kier alpha value is -3.26. The lowest BCUT2D eigenvalue weighted by Crippen LogP contribution is -2.21. The van der Waals surface area contributed by atoms with Crippen molar-refractivity contribution >= 4 is 28.5 Å². The number of anilines is 1. The first kappa shape index (κ1) is 19.1. The van der Waals surface area contributed by atoms with E-state index in [1.54, 1.807) is 31.3 Å². The molecule has 0 unspecified atom stereocenters. The van der Waals surface area contributed by atoms with Crippen molar-refractivity contribution in [1.29, 1.82) is 0 Å². The number of hydrogen-bond donors (Lipinski definition) is 1. The van der Waals surface area contributed by atoms with Crippen LogP contribution in [0.5, 0.6) is 0 Å². The Morgan fingerprint density at radius 1 is 1.24 bits per heavy atom. The highest BCUT2D eigenvalue weighted by molar-refractivity contribution is 6.08. The summed E-state index contributed by atoms with van der Waals surface area (Å²) in [6, 6.07) is 11.0. The van der Waals surface area contributed by atoms with Gasteiger partial charge in [-0.15, -0.1) is 0 Å². The number of fused-ring (bicyclic) bond motifs is 1. The summed E-state index contributed by atoms with van der Waals surface area (Å²) in [5.41, 5.74) is 1.30. The van der Waals surface area contributed by atoms with E-state index in [0.717, 1.165) is 18.2 Å². The maximum Gasteiger partial charge on any atom is 0.359 e. The normalized spacial score (nSPS) is 14.7.